The van der Waals surface area contributed by atoms with Gasteiger partial charge in [-0.2, -0.15) is 0 Å². The topological polar surface area (TPSA) is 61.7 Å². The number of carbonyl (C=O) groups is 1. The summed E-state index contributed by atoms with van der Waals surface area (Å²) in [5.41, 5.74) is 7.83. The Hall–Kier alpha value is -3.35. The lowest BCUT2D eigenvalue weighted by Gasteiger charge is -2.27. The molecule has 0 heterocycles. The number of benzene rings is 3. The molecule has 3 aromatic rings. The van der Waals surface area contributed by atoms with E-state index in [-0.39, 0.29) is 28.8 Å². The minimum atomic E-state index is -0.341. The second-order valence-corrected chi connectivity index (χ2v) is 13.7. The molecule has 0 spiro atoms. The monoisotopic (exact) mass is 664 g/mol. The standard InChI is InChI=1S/C32H43ClN2O2S.C7H7F/c1-9-11-29(36)16-22(4)31(37)35-28-15-13-26(30(33)18-28)20-38-24(6)34-19-23(5)32(7,8)27-14-12-21(3)25(10-2)17-27;1-6-2-4-7(8)5-3-6/h11-15,17-19,22,36H,9-10,16,20H2,1-8H3,(H,35,37);2-5H,1H3/b23-19+,29-11+,34-24?;. The molecule has 0 radical (unpaired) electrons. The Balaban J connectivity index is 0.000000797. The zero-order valence-corrected chi connectivity index (χ0v) is 30.4. The lowest BCUT2D eigenvalue weighted by atomic mass is 9.77. The molecular weight excluding hydrogens is 615 g/mol. The number of rotatable bonds is 11. The number of aryl methyl sites for hydroxylation is 3. The van der Waals surface area contributed by atoms with Crippen LogP contribution in [0.15, 0.2) is 89.3 Å². The van der Waals surface area contributed by atoms with Gasteiger partial charge in [0.05, 0.1) is 10.8 Å². The minimum absolute atomic E-state index is 0.113. The Kier molecular flexibility index (Phi) is 15.8. The molecule has 0 fully saturated rings. The minimum Gasteiger partial charge on any atom is -0.513 e. The molecule has 0 aliphatic carbocycles. The van der Waals surface area contributed by atoms with E-state index in [1.165, 1.54) is 34.4 Å². The molecule has 1 amide bonds. The zero-order chi connectivity index (χ0) is 34.4. The molecule has 0 aliphatic heterocycles. The summed E-state index contributed by atoms with van der Waals surface area (Å²) in [6.07, 6.45) is 5.78. The van der Waals surface area contributed by atoms with Crippen molar-refractivity contribution in [3.05, 3.63) is 123 Å². The van der Waals surface area contributed by atoms with Crippen molar-refractivity contribution in [2.45, 2.75) is 92.7 Å². The predicted octanol–water partition coefficient (Wildman–Crippen LogP) is 11.7. The average Bonchev–Trinajstić information content (AvgIpc) is 3.01. The number of halogens is 2. The van der Waals surface area contributed by atoms with Gasteiger partial charge in [-0.05, 0) is 98.7 Å². The summed E-state index contributed by atoms with van der Waals surface area (Å²) in [5, 5.41) is 14.3. The summed E-state index contributed by atoms with van der Waals surface area (Å²) >= 11 is 8.16. The molecule has 248 valence electrons. The van der Waals surface area contributed by atoms with Gasteiger partial charge in [0.1, 0.15) is 5.82 Å². The van der Waals surface area contributed by atoms with E-state index in [1.807, 2.05) is 39.1 Å². The van der Waals surface area contributed by atoms with Crippen LogP contribution in [0.5, 0.6) is 0 Å². The largest absolute Gasteiger partial charge is 0.513 e. The van der Waals surface area contributed by atoms with Crippen molar-refractivity contribution < 1.29 is 14.3 Å². The fourth-order valence-electron chi connectivity index (χ4n) is 4.50. The van der Waals surface area contributed by atoms with Crippen LogP contribution in [0.2, 0.25) is 5.02 Å². The summed E-state index contributed by atoms with van der Waals surface area (Å²) in [6.45, 7) is 18.7. The van der Waals surface area contributed by atoms with E-state index in [2.05, 4.69) is 58.1 Å². The lowest BCUT2D eigenvalue weighted by Crippen LogP contribution is -2.20. The maximum Gasteiger partial charge on any atom is 0.227 e. The average molecular weight is 665 g/mol. The summed E-state index contributed by atoms with van der Waals surface area (Å²) in [7, 11) is 0. The maximum absolute atomic E-state index is 12.5. The van der Waals surface area contributed by atoms with Gasteiger partial charge in [0.15, 0.2) is 0 Å². The van der Waals surface area contributed by atoms with Crippen molar-refractivity contribution in [1.82, 2.24) is 0 Å². The molecule has 46 heavy (non-hydrogen) atoms. The van der Waals surface area contributed by atoms with Crippen molar-refractivity contribution >= 4 is 40.0 Å². The lowest BCUT2D eigenvalue weighted by molar-refractivity contribution is -0.119. The number of hydrogen-bond acceptors (Lipinski definition) is 4. The Labute approximate surface area is 285 Å². The Morgan fingerprint density at radius 3 is 2.30 bits per heavy atom. The van der Waals surface area contributed by atoms with Gasteiger partial charge in [0, 0.05) is 40.4 Å². The molecule has 1 unspecified atom stereocenters. The molecule has 0 bridgehead atoms. The van der Waals surface area contributed by atoms with Crippen LogP contribution in [0.3, 0.4) is 0 Å². The molecular formula is C39H50ClFN2O2S. The molecule has 0 aromatic heterocycles. The third kappa shape index (κ3) is 12.4. The maximum atomic E-state index is 12.5. The molecule has 7 heteroatoms. The van der Waals surface area contributed by atoms with Crippen LogP contribution >= 0.6 is 23.4 Å². The number of nitrogens with one attached hydrogen (secondary N) is 1. The van der Waals surface area contributed by atoms with Gasteiger partial charge in [-0.15, -0.1) is 11.8 Å². The van der Waals surface area contributed by atoms with Crippen LogP contribution in [-0.4, -0.2) is 16.1 Å². The van der Waals surface area contributed by atoms with E-state index in [0.717, 1.165) is 29.0 Å². The first-order chi connectivity index (χ1) is 21.7. The Morgan fingerprint density at radius 2 is 1.72 bits per heavy atom. The van der Waals surface area contributed by atoms with Crippen LogP contribution in [-0.2, 0) is 22.4 Å². The van der Waals surface area contributed by atoms with Crippen LogP contribution in [0.25, 0.3) is 0 Å². The first-order valence-corrected chi connectivity index (χ1v) is 17.2. The first kappa shape index (κ1) is 38.8. The van der Waals surface area contributed by atoms with Gasteiger partial charge in [0.25, 0.3) is 0 Å². The molecule has 3 aromatic carbocycles. The highest BCUT2D eigenvalue weighted by atomic mass is 35.5. The number of allylic oxidation sites excluding steroid dienone is 3. The molecule has 1 atom stereocenters. The summed E-state index contributed by atoms with van der Waals surface area (Å²) < 4.78 is 12.1. The van der Waals surface area contributed by atoms with E-state index in [4.69, 9.17) is 16.6 Å². The van der Waals surface area contributed by atoms with Crippen LogP contribution in [0.1, 0.15) is 89.1 Å². The summed E-state index contributed by atoms with van der Waals surface area (Å²) in [6, 6.07) is 18.7. The van der Waals surface area contributed by atoms with Crippen LogP contribution in [0, 0.1) is 25.6 Å². The summed E-state index contributed by atoms with van der Waals surface area (Å²) in [5.74, 6) is 0.265. The predicted molar refractivity (Wildman–Crippen MR) is 198 cm³/mol. The number of nitrogens with zero attached hydrogens (tertiary/aromatic N) is 1. The molecule has 4 nitrogen and oxygen atoms in total. The van der Waals surface area contributed by atoms with E-state index in [1.54, 1.807) is 43.0 Å². The van der Waals surface area contributed by atoms with E-state index >= 15 is 0 Å². The van der Waals surface area contributed by atoms with Gasteiger partial charge in [-0.1, -0.05) is 88.2 Å². The fourth-order valence-corrected chi connectivity index (χ4v) is 5.57. The molecule has 0 saturated heterocycles. The smallest absolute Gasteiger partial charge is 0.227 e. The van der Waals surface area contributed by atoms with Gasteiger partial charge in [-0.25, -0.2) is 4.39 Å². The van der Waals surface area contributed by atoms with E-state index in [9.17, 15) is 14.3 Å². The van der Waals surface area contributed by atoms with Gasteiger partial charge >= 0.3 is 0 Å². The first-order valence-electron chi connectivity index (χ1n) is 15.8. The number of amides is 1. The highest BCUT2D eigenvalue weighted by Gasteiger charge is 2.23. The highest BCUT2D eigenvalue weighted by Crippen LogP contribution is 2.33. The van der Waals surface area contributed by atoms with Crippen molar-refractivity contribution in [3.63, 3.8) is 0 Å². The van der Waals surface area contributed by atoms with E-state index in [0.29, 0.717) is 22.9 Å². The van der Waals surface area contributed by atoms with Gasteiger partial charge in [0.2, 0.25) is 5.91 Å². The van der Waals surface area contributed by atoms with Crippen molar-refractivity contribution in [3.8, 4) is 0 Å². The van der Waals surface area contributed by atoms with Crippen molar-refractivity contribution in [2.24, 2.45) is 10.9 Å². The number of anilines is 1. The Morgan fingerprint density at radius 1 is 1.04 bits per heavy atom. The molecule has 0 saturated carbocycles. The van der Waals surface area contributed by atoms with Crippen molar-refractivity contribution in [1.29, 1.82) is 0 Å². The molecule has 3 rings (SSSR count). The highest BCUT2D eigenvalue weighted by molar-refractivity contribution is 8.13. The molecule has 0 aliphatic rings. The normalized spacial score (nSPS) is 13.2. The number of aliphatic hydroxyl groups is 1. The van der Waals surface area contributed by atoms with Crippen LogP contribution in [0.4, 0.5) is 10.1 Å². The second-order valence-electron chi connectivity index (χ2n) is 12.2. The zero-order valence-electron chi connectivity index (χ0n) is 28.8. The number of hydrogen-bond donors (Lipinski definition) is 2. The Bertz CT molecular complexity index is 1520. The molecule has 2 N–H and O–H groups in total. The summed E-state index contributed by atoms with van der Waals surface area (Å²) in [4.78, 5) is 17.2. The third-order valence-corrected chi connectivity index (χ3v) is 9.38. The number of aliphatic imine (C=N–C) groups is 1. The van der Waals surface area contributed by atoms with Gasteiger partial charge in [-0.3, -0.25) is 9.79 Å². The number of carbonyl (C=O) groups excluding carboxylic acids is 1. The number of aliphatic hydroxyl groups excluding tert-OH is 1. The fraction of sp³-hybridized carbons (Fsp3) is 0.385. The van der Waals surface area contributed by atoms with E-state index < -0.39 is 0 Å². The van der Waals surface area contributed by atoms with Gasteiger partial charge < -0.3 is 10.4 Å². The van der Waals surface area contributed by atoms with Crippen LogP contribution < -0.4 is 5.32 Å². The van der Waals surface area contributed by atoms with Crippen molar-refractivity contribution in [2.75, 3.05) is 5.32 Å². The second kappa shape index (κ2) is 18.7. The number of thioether (sulfide) groups is 1. The quantitative estimate of drug-likeness (QED) is 0.122. The SMILES string of the molecule is CC/C=C(/O)CC(C)C(=O)Nc1ccc(CSC(C)=N/C=C(\C)C(C)(C)c2ccc(C)c(CC)c2)c(Cl)c1.Cc1ccc(F)cc1. The third-order valence-electron chi connectivity index (χ3n) is 8.05.